The lowest BCUT2D eigenvalue weighted by atomic mass is 10.0. The van der Waals surface area contributed by atoms with Crippen molar-refractivity contribution in [2.45, 2.75) is 43.8 Å². The van der Waals surface area contributed by atoms with Crippen molar-refractivity contribution in [2.24, 2.45) is 0 Å². The SMILES string of the molecule is CCCc1cccc(C2CC2(C(=O)O)N(c2ccc(-c3cc(C(F)(F)F)on3)s2)S(=O)[O-])c1. The fourth-order valence-corrected chi connectivity index (χ4v) is 5.94. The molecule has 0 bridgehead atoms. The third-order valence-electron chi connectivity index (χ3n) is 5.54. The number of aromatic nitrogens is 1. The largest absolute Gasteiger partial charge is 0.755 e. The van der Waals surface area contributed by atoms with E-state index in [1.54, 1.807) is 6.07 Å². The van der Waals surface area contributed by atoms with Gasteiger partial charge >= 0.3 is 12.1 Å². The Morgan fingerprint density at radius 2 is 2.12 bits per heavy atom. The van der Waals surface area contributed by atoms with Crippen molar-refractivity contribution in [1.82, 2.24) is 5.16 Å². The number of aryl methyl sites for hydroxylation is 1. The van der Waals surface area contributed by atoms with Gasteiger partial charge in [0.05, 0.1) is 4.88 Å². The van der Waals surface area contributed by atoms with Gasteiger partial charge in [0.2, 0.25) is 5.76 Å². The molecule has 0 amide bonds. The molecule has 33 heavy (non-hydrogen) atoms. The lowest BCUT2D eigenvalue weighted by Crippen LogP contribution is -2.46. The molecular weight excluding hydrogens is 481 g/mol. The van der Waals surface area contributed by atoms with Gasteiger partial charge in [0.25, 0.3) is 0 Å². The number of carbonyl (C=O) groups is 1. The van der Waals surface area contributed by atoms with Gasteiger partial charge < -0.3 is 14.2 Å². The van der Waals surface area contributed by atoms with Crippen LogP contribution in [0.5, 0.6) is 0 Å². The van der Waals surface area contributed by atoms with E-state index >= 15 is 0 Å². The summed E-state index contributed by atoms with van der Waals surface area (Å²) in [6.45, 7) is 2.02. The minimum absolute atomic E-state index is 0.0597. The first-order chi connectivity index (χ1) is 15.6. The van der Waals surface area contributed by atoms with Crippen molar-refractivity contribution in [1.29, 1.82) is 0 Å². The van der Waals surface area contributed by atoms with Crippen LogP contribution in [0.25, 0.3) is 10.6 Å². The van der Waals surface area contributed by atoms with Crippen molar-refractivity contribution < 1.29 is 36.4 Å². The third kappa shape index (κ3) is 4.30. The summed E-state index contributed by atoms with van der Waals surface area (Å²) in [5.41, 5.74) is -0.0949. The highest BCUT2D eigenvalue weighted by molar-refractivity contribution is 7.81. The highest BCUT2D eigenvalue weighted by Crippen LogP contribution is 2.58. The number of thiophene rings is 1. The van der Waals surface area contributed by atoms with E-state index in [4.69, 9.17) is 0 Å². The molecule has 1 aliphatic rings. The van der Waals surface area contributed by atoms with E-state index in [9.17, 15) is 31.8 Å². The monoisotopic (exact) mass is 499 g/mol. The van der Waals surface area contributed by atoms with E-state index in [0.29, 0.717) is 6.07 Å². The number of benzene rings is 1. The van der Waals surface area contributed by atoms with Crippen LogP contribution in [0, 0.1) is 0 Å². The Hall–Kier alpha value is -2.70. The van der Waals surface area contributed by atoms with Crippen molar-refractivity contribution >= 4 is 33.6 Å². The molecule has 1 N–H and O–H groups in total. The van der Waals surface area contributed by atoms with Crippen molar-refractivity contribution in [3.8, 4) is 10.6 Å². The maximum Gasteiger partial charge on any atom is 0.452 e. The van der Waals surface area contributed by atoms with Crippen molar-refractivity contribution in [3.63, 3.8) is 0 Å². The van der Waals surface area contributed by atoms with Crippen LogP contribution < -0.4 is 4.31 Å². The lowest BCUT2D eigenvalue weighted by molar-refractivity contribution is -0.155. The molecule has 2 heterocycles. The summed E-state index contributed by atoms with van der Waals surface area (Å²) >= 11 is -2.13. The minimum Gasteiger partial charge on any atom is -0.755 e. The molecule has 3 unspecified atom stereocenters. The zero-order valence-corrected chi connectivity index (χ0v) is 18.8. The Morgan fingerprint density at radius 1 is 1.36 bits per heavy atom. The summed E-state index contributed by atoms with van der Waals surface area (Å²) < 4.78 is 67.9. The molecule has 1 fully saturated rings. The molecular formula is C21H18F3N2O5S2-. The van der Waals surface area contributed by atoms with E-state index in [-0.39, 0.29) is 22.0 Å². The number of carboxylic acids is 1. The van der Waals surface area contributed by atoms with E-state index in [0.717, 1.165) is 39.6 Å². The molecule has 7 nitrogen and oxygen atoms in total. The summed E-state index contributed by atoms with van der Waals surface area (Å²) in [7, 11) is 0. The number of carboxylic acid groups (broad SMARTS) is 1. The average Bonchev–Trinajstić information content (AvgIpc) is 3.07. The van der Waals surface area contributed by atoms with E-state index in [1.165, 1.54) is 12.1 Å². The van der Waals surface area contributed by atoms with Crippen LogP contribution in [-0.2, 0) is 28.7 Å². The summed E-state index contributed by atoms with van der Waals surface area (Å²) in [4.78, 5) is 12.5. The number of hydrogen-bond acceptors (Lipinski definition) is 6. The van der Waals surface area contributed by atoms with Gasteiger partial charge in [-0.25, -0.2) is 4.79 Å². The molecule has 3 aromatic rings. The van der Waals surface area contributed by atoms with Crippen LogP contribution in [0.4, 0.5) is 18.2 Å². The second-order valence-corrected chi connectivity index (χ2v) is 9.57. The maximum atomic E-state index is 12.8. The number of anilines is 1. The number of rotatable bonds is 8. The Balaban J connectivity index is 1.68. The van der Waals surface area contributed by atoms with Gasteiger partial charge in [-0.15, -0.1) is 11.3 Å². The maximum absolute atomic E-state index is 12.8. The van der Waals surface area contributed by atoms with Crippen LogP contribution in [-0.4, -0.2) is 30.5 Å². The van der Waals surface area contributed by atoms with Gasteiger partial charge in [-0.3, -0.25) is 8.51 Å². The number of halogens is 3. The number of alkyl halides is 3. The van der Waals surface area contributed by atoms with Gasteiger partial charge in [-0.05, 0) is 36.1 Å². The van der Waals surface area contributed by atoms with Crippen LogP contribution in [0.15, 0.2) is 47.0 Å². The first-order valence-electron chi connectivity index (χ1n) is 9.94. The topological polar surface area (TPSA) is 107 Å². The predicted octanol–water partition coefficient (Wildman–Crippen LogP) is 4.99. The van der Waals surface area contributed by atoms with E-state index in [1.807, 2.05) is 25.1 Å². The average molecular weight is 500 g/mol. The first kappa shape index (κ1) is 23.5. The molecule has 1 aliphatic carbocycles. The predicted molar refractivity (Wildman–Crippen MR) is 114 cm³/mol. The second kappa shape index (κ2) is 8.58. The van der Waals surface area contributed by atoms with Crippen LogP contribution in [0.1, 0.15) is 42.6 Å². The van der Waals surface area contributed by atoms with Gasteiger partial charge in [-0.2, -0.15) is 13.2 Å². The zero-order chi connectivity index (χ0) is 24.0. The lowest BCUT2D eigenvalue weighted by Gasteiger charge is -2.32. The molecule has 0 spiro atoms. The van der Waals surface area contributed by atoms with E-state index < -0.39 is 40.6 Å². The molecule has 4 rings (SSSR count). The Kier molecular flexibility index (Phi) is 6.10. The molecule has 0 aliphatic heterocycles. The molecule has 2 aromatic heterocycles. The molecule has 176 valence electrons. The summed E-state index contributed by atoms with van der Waals surface area (Å²) in [5.74, 6) is -3.15. The zero-order valence-electron chi connectivity index (χ0n) is 17.2. The minimum atomic E-state index is -4.71. The molecule has 12 heteroatoms. The summed E-state index contributed by atoms with van der Waals surface area (Å²) in [6.07, 6.45) is -2.93. The quantitative estimate of drug-likeness (QED) is 0.438. The fraction of sp³-hybridized carbons (Fsp3) is 0.333. The van der Waals surface area contributed by atoms with Gasteiger partial charge in [-0.1, -0.05) is 42.8 Å². The summed E-state index contributed by atoms with van der Waals surface area (Å²) in [5, 5.41) is 13.5. The first-order valence-corrected chi connectivity index (χ1v) is 11.8. The standard InChI is InChI=1S/C21H19F3N2O5S2/c1-2-4-12-5-3-6-13(9-12)14-11-20(14,19(27)28)26(33(29)30)18-8-7-16(32-18)15-10-17(31-25-15)21(22,23)24/h3,5-10,14H,2,4,11H2,1H3,(H,27,28)(H,29,30)/p-1. The Morgan fingerprint density at radius 3 is 2.73 bits per heavy atom. The molecule has 0 radical (unpaired) electrons. The molecule has 1 aromatic carbocycles. The van der Waals surface area contributed by atoms with Crippen molar-refractivity contribution in [2.75, 3.05) is 4.31 Å². The fourth-order valence-electron chi connectivity index (χ4n) is 3.95. The molecule has 0 saturated heterocycles. The van der Waals surface area contributed by atoms with Gasteiger partial charge in [0.1, 0.15) is 10.7 Å². The smallest absolute Gasteiger partial charge is 0.452 e. The normalized spacial score (nSPS) is 21.1. The van der Waals surface area contributed by atoms with Gasteiger partial charge in [0.15, 0.2) is 5.54 Å². The van der Waals surface area contributed by atoms with Crippen LogP contribution in [0.3, 0.4) is 0 Å². The number of nitrogens with zero attached hydrogens (tertiary/aromatic N) is 2. The van der Waals surface area contributed by atoms with Crippen molar-refractivity contribution in [3.05, 3.63) is 59.4 Å². The second-order valence-electron chi connectivity index (χ2n) is 7.70. The Bertz CT molecular complexity index is 1210. The third-order valence-corrected chi connectivity index (χ3v) is 7.57. The van der Waals surface area contributed by atoms with Crippen LogP contribution in [0.2, 0.25) is 0 Å². The summed E-state index contributed by atoms with van der Waals surface area (Å²) in [6, 6.07) is 10.8. The van der Waals surface area contributed by atoms with E-state index in [2.05, 4.69) is 9.68 Å². The van der Waals surface area contributed by atoms with Gasteiger partial charge in [0, 0.05) is 23.3 Å². The number of hydrogen-bond donors (Lipinski definition) is 1. The molecule has 3 atom stereocenters. The highest BCUT2D eigenvalue weighted by Gasteiger charge is 2.66. The van der Waals surface area contributed by atoms with Crippen LogP contribution >= 0.6 is 11.3 Å². The number of aliphatic carboxylic acids is 1. The highest BCUT2D eigenvalue weighted by atomic mass is 32.2. The molecule has 1 saturated carbocycles. The Labute approximate surface area is 193 Å².